The zero-order valence-electron chi connectivity index (χ0n) is 11.9. The molecule has 1 N–H and O–H groups in total. The van der Waals surface area contributed by atoms with Gasteiger partial charge in [-0.2, -0.15) is 0 Å². The second-order valence-electron chi connectivity index (χ2n) is 5.60. The molecule has 0 spiro atoms. The highest BCUT2D eigenvalue weighted by atomic mass is 16.4. The van der Waals surface area contributed by atoms with E-state index in [2.05, 4.69) is 41.3 Å². The zero-order valence-corrected chi connectivity index (χ0v) is 11.9. The average Bonchev–Trinajstić information content (AvgIpc) is 2.76. The van der Waals surface area contributed by atoms with Crippen molar-refractivity contribution < 1.29 is 4.42 Å². The fourth-order valence-electron chi connectivity index (χ4n) is 1.70. The van der Waals surface area contributed by atoms with Crippen LogP contribution in [0.5, 0.6) is 0 Å². The Bertz CT molecular complexity index is 542. The minimum Gasteiger partial charge on any atom is -0.419 e. The number of hydrogen-bond acceptors (Lipinski definition) is 5. The van der Waals surface area contributed by atoms with Crippen LogP contribution in [-0.4, -0.2) is 27.3 Å². The molecule has 0 aliphatic heterocycles. The Hall–Kier alpha value is -1.75. The maximum absolute atomic E-state index is 5.64. The van der Waals surface area contributed by atoms with Crippen LogP contribution in [0.3, 0.4) is 0 Å². The number of hydrogen-bond donors (Lipinski definition) is 1. The Labute approximate surface area is 113 Å². The SMILES string of the molecule is Cc1cccnc1-c1nnc(CCNC(C)(C)C)o1. The molecular weight excluding hydrogens is 240 g/mol. The van der Waals surface area contributed by atoms with Crippen molar-refractivity contribution in [3.63, 3.8) is 0 Å². The Morgan fingerprint density at radius 2 is 2.05 bits per heavy atom. The van der Waals surface area contributed by atoms with Crippen LogP contribution < -0.4 is 5.32 Å². The number of aromatic nitrogens is 3. The molecule has 0 fully saturated rings. The number of nitrogens with zero attached hydrogens (tertiary/aromatic N) is 3. The summed E-state index contributed by atoms with van der Waals surface area (Å²) < 4.78 is 5.64. The highest BCUT2D eigenvalue weighted by molar-refractivity contribution is 5.51. The van der Waals surface area contributed by atoms with Crippen LogP contribution in [-0.2, 0) is 6.42 Å². The lowest BCUT2D eigenvalue weighted by molar-refractivity contribution is 0.411. The average molecular weight is 260 g/mol. The summed E-state index contributed by atoms with van der Waals surface area (Å²) in [6.07, 6.45) is 2.45. The minimum atomic E-state index is 0.0976. The second-order valence-corrected chi connectivity index (χ2v) is 5.60. The van der Waals surface area contributed by atoms with Crippen molar-refractivity contribution in [2.75, 3.05) is 6.54 Å². The summed E-state index contributed by atoms with van der Waals surface area (Å²) in [7, 11) is 0. The van der Waals surface area contributed by atoms with Crippen molar-refractivity contribution >= 4 is 0 Å². The Balaban J connectivity index is 2.02. The first-order valence-corrected chi connectivity index (χ1v) is 6.45. The second kappa shape index (κ2) is 5.48. The highest BCUT2D eigenvalue weighted by Gasteiger charge is 2.13. The Morgan fingerprint density at radius 3 is 2.74 bits per heavy atom. The van der Waals surface area contributed by atoms with Crippen molar-refractivity contribution in [3.8, 4) is 11.6 Å². The third-order valence-electron chi connectivity index (χ3n) is 2.67. The van der Waals surface area contributed by atoms with Crippen LogP contribution in [0.4, 0.5) is 0 Å². The standard InChI is InChI=1S/C14H20N4O/c1-10-6-5-8-15-12(10)13-18-17-11(19-13)7-9-16-14(2,3)4/h5-6,8,16H,7,9H2,1-4H3. The molecule has 0 saturated carbocycles. The fraction of sp³-hybridized carbons (Fsp3) is 0.500. The van der Waals surface area contributed by atoms with Gasteiger partial charge in [0, 0.05) is 24.7 Å². The van der Waals surface area contributed by atoms with E-state index in [-0.39, 0.29) is 5.54 Å². The number of rotatable bonds is 4. The van der Waals surface area contributed by atoms with E-state index in [9.17, 15) is 0 Å². The first-order chi connectivity index (χ1) is 8.96. The van der Waals surface area contributed by atoms with E-state index in [0.717, 1.165) is 24.2 Å². The van der Waals surface area contributed by atoms with Crippen LogP contribution in [0.1, 0.15) is 32.2 Å². The monoisotopic (exact) mass is 260 g/mol. The van der Waals surface area contributed by atoms with E-state index in [1.807, 2.05) is 19.1 Å². The summed E-state index contributed by atoms with van der Waals surface area (Å²) in [5, 5.41) is 11.5. The van der Waals surface area contributed by atoms with Crippen molar-refractivity contribution in [1.82, 2.24) is 20.5 Å². The topological polar surface area (TPSA) is 63.8 Å². The summed E-state index contributed by atoms with van der Waals surface area (Å²) in [6, 6.07) is 3.87. The molecule has 102 valence electrons. The molecule has 5 nitrogen and oxygen atoms in total. The van der Waals surface area contributed by atoms with Crippen molar-refractivity contribution in [2.45, 2.75) is 39.7 Å². The van der Waals surface area contributed by atoms with E-state index in [1.165, 1.54) is 0 Å². The molecule has 2 aromatic heterocycles. The van der Waals surface area contributed by atoms with Gasteiger partial charge < -0.3 is 9.73 Å². The molecule has 19 heavy (non-hydrogen) atoms. The summed E-state index contributed by atoms with van der Waals surface area (Å²) >= 11 is 0. The Morgan fingerprint density at radius 1 is 1.26 bits per heavy atom. The molecule has 2 heterocycles. The molecule has 0 aromatic carbocycles. The van der Waals surface area contributed by atoms with E-state index < -0.39 is 0 Å². The lowest BCUT2D eigenvalue weighted by Gasteiger charge is -2.19. The summed E-state index contributed by atoms with van der Waals surface area (Å²) in [5.41, 5.74) is 1.89. The van der Waals surface area contributed by atoms with Gasteiger partial charge in [0.25, 0.3) is 5.89 Å². The smallest absolute Gasteiger partial charge is 0.266 e. The molecule has 0 bridgehead atoms. The summed E-state index contributed by atoms with van der Waals surface area (Å²) in [4.78, 5) is 4.27. The van der Waals surface area contributed by atoms with Crippen molar-refractivity contribution in [3.05, 3.63) is 29.8 Å². The van der Waals surface area contributed by atoms with Gasteiger partial charge in [0.2, 0.25) is 5.89 Å². The molecule has 2 aromatic rings. The Kier molecular flexibility index (Phi) is 3.95. The van der Waals surface area contributed by atoms with Gasteiger partial charge in [-0.15, -0.1) is 10.2 Å². The normalized spacial score (nSPS) is 11.8. The largest absolute Gasteiger partial charge is 0.419 e. The fourth-order valence-corrected chi connectivity index (χ4v) is 1.70. The van der Waals surface area contributed by atoms with Crippen LogP contribution >= 0.6 is 0 Å². The number of nitrogens with one attached hydrogen (secondary N) is 1. The van der Waals surface area contributed by atoms with Gasteiger partial charge in [0.15, 0.2) is 0 Å². The lowest BCUT2D eigenvalue weighted by Crippen LogP contribution is -2.37. The third-order valence-corrected chi connectivity index (χ3v) is 2.67. The van der Waals surface area contributed by atoms with Crippen LogP contribution in [0.25, 0.3) is 11.6 Å². The van der Waals surface area contributed by atoms with E-state index >= 15 is 0 Å². The van der Waals surface area contributed by atoms with Crippen LogP contribution in [0, 0.1) is 6.92 Å². The quantitative estimate of drug-likeness (QED) is 0.914. The van der Waals surface area contributed by atoms with Gasteiger partial charge in [0.1, 0.15) is 5.69 Å². The predicted molar refractivity (Wildman–Crippen MR) is 73.7 cm³/mol. The summed E-state index contributed by atoms with van der Waals surface area (Å²) in [5.74, 6) is 1.13. The van der Waals surface area contributed by atoms with E-state index in [4.69, 9.17) is 4.42 Å². The molecule has 0 aliphatic carbocycles. The van der Waals surface area contributed by atoms with Gasteiger partial charge in [0.05, 0.1) is 0 Å². The van der Waals surface area contributed by atoms with E-state index in [0.29, 0.717) is 11.8 Å². The van der Waals surface area contributed by atoms with Gasteiger partial charge in [-0.05, 0) is 39.3 Å². The number of pyridine rings is 1. The molecule has 0 unspecified atom stereocenters. The van der Waals surface area contributed by atoms with Gasteiger partial charge >= 0.3 is 0 Å². The van der Waals surface area contributed by atoms with Crippen molar-refractivity contribution in [1.29, 1.82) is 0 Å². The van der Waals surface area contributed by atoms with Gasteiger partial charge in [-0.1, -0.05) is 6.07 Å². The van der Waals surface area contributed by atoms with Crippen LogP contribution in [0.2, 0.25) is 0 Å². The first kappa shape index (κ1) is 13.7. The first-order valence-electron chi connectivity index (χ1n) is 6.45. The van der Waals surface area contributed by atoms with Crippen molar-refractivity contribution in [2.24, 2.45) is 0 Å². The maximum atomic E-state index is 5.64. The van der Waals surface area contributed by atoms with E-state index in [1.54, 1.807) is 6.20 Å². The molecule has 0 amide bonds. The maximum Gasteiger partial charge on any atom is 0.266 e. The molecule has 0 radical (unpaired) electrons. The minimum absolute atomic E-state index is 0.0976. The van der Waals surface area contributed by atoms with Gasteiger partial charge in [-0.3, -0.25) is 4.98 Å². The molecular formula is C14H20N4O. The number of aryl methyl sites for hydroxylation is 1. The predicted octanol–water partition coefficient (Wildman–Crippen LogP) is 2.37. The summed E-state index contributed by atoms with van der Waals surface area (Å²) in [6.45, 7) is 9.18. The van der Waals surface area contributed by atoms with Crippen LogP contribution in [0.15, 0.2) is 22.7 Å². The molecule has 0 atom stereocenters. The zero-order chi connectivity index (χ0) is 13.9. The molecule has 5 heteroatoms. The molecule has 0 aliphatic rings. The third kappa shape index (κ3) is 3.86. The molecule has 0 saturated heterocycles. The lowest BCUT2D eigenvalue weighted by atomic mass is 10.1. The highest BCUT2D eigenvalue weighted by Crippen LogP contribution is 2.18. The van der Waals surface area contributed by atoms with Gasteiger partial charge in [-0.25, -0.2) is 0 Å². The molecule has 2 rings (SSSR count).